The molecule has 7 heteroatoms. The van der Waals surface area contributed by atoms with Gasteiger partial charge >= 0.3 is 0 Å². The van der Waals surface area contributed by atoms with Gasteiger partial charge in [-0.1, -0.05) is 6.42 Å². The lowest BCUT2D eigenvalue weighted by Gasteiger charge is -2.31. The Balaban J connectivity index is 1.74. The van der Waals surface area contributed by atoms with Crippen molar-refractivity contribution in [2.75, 3.05) is 24.3 Å². The average molecular weight is 338 g/mol. The standard InChI is InChI=1S/C14H27NO4S2/c1-20(16,17)11-12-5-7-13(8-6-12)15-10-14-4-2-3-9-21(14,18)19/h12-15H,2-11H2,1H3. The third kappa shape index (κ3) is 5.53. The summed E-state index contributed by atoms with van der Waals surface area (Å²) >= 11 is 0. The molecule has 2 fully saturated rings. The summed E-state index contributed by atoms with van der Waals surface area (Å²) in [4.78, 5) is 0. The Hall–Kier alpha value is -0.140. The zero-order valence-electron chi connectivity index (χ0n) is 12.8. The molecule has 1 heterocycles. The first kappa shape index (κ1) is 17.2. The molecular formula is C14H27NO4S2. The van der Waals surface area contributed by atoms with Gasteiger partial charge < -0.3 is 5.32 Å². The lowest BCUT2D eigenvalue weighted by molar-refractivity contribution is 0.307. The normalized spacial score (nSPS) is 33.7. The predicted molar refractivity (Wildman–Crippen MR) is 84.9 cm³/mol. The molecule has 21 heavy (non-hydrogen) atoms. The molecule has 1 aliphatic carbocycles. The molecule has 0 radical (unpaired) electrons. The van der Waals surface area contributed by atoms with E-state index in [4.69, 9.17) is 0 Å². The number of hydrogen-bond acceptors (Lipinski definition) is 5. The quantitative estimate of drug-likeness (QED) is 0.814. The van der Waals surface area contributed by atoms with Crippen molar-refractivity contribution in [1.82, 2.24) is 5.32 Å². The van der Waals surface area contributed by atoms with Crippen LogP contribution in [-0.2, 0) is 19.7 Å². The fourth-order valence-electron chi connectivity index (χ4n) is 3.51. The van der Waals surface area contributed by atoms with Gasteiger partial charge in [-0.05, 0) is 44.4 Å². The predicted octanol–water partition coefficient (Wildman–Crippen LogP) is 1.15. The van der Waals surface area contributed by atoms with Gasteiger partial charge in [0.1, 0.15) is 9.84 Å². The van der Waals surface area contributed by atoms with Gasteiger partial charge in [-0.2, -0.15) is 0 Å². The van der Waals surface area contributed by atoms with Crippen molar-refractivity contribution in [3.05, 3.63) is 0 Å². The van der Waals surface area contributed by atoms with Crippen molar-refractivity contribution in [2.24, 2.45) is 5.92 Å². The first-order valence-corrected chi connectivity index (χ1v) is 11.7. The Morgan fingerprint density at radius 1 is 1.05 bits per heavy atom. The highest BCUT2D eigenvalue weighted by Gasteiger charge is 2.30. The minimum atomic E-state index is -2.90. The molecule has 0 bridgehead atoms. The molecule has 0 aromatic carbocycles. The summed E-state index contributed by atoms with van der Waals surface area (Å²) in [6.07, 6.45) is 7.62. The van der Waals surface area contributed by atoms with Crippen molar-refractivity contribution < 1.29 is 16.8 Å². The van der Waals surface area contributed by atoms with E-state index in [1.807, 2.05) is 0 Å². The molecule has 5 nitrogen and oxygen atoms in total. The average Bonchev–Trinajstić information content (AvgIpc) is 2.37. The van der Waals surface area contributed by atoms with E-state index in [1.165, 1.54) is 6.26 Å². The van der Waals surface area contributed by atoms with E-state index in [0.717, 1.165) is 44.9 Å². The van der Waals surface area contributed by atoms with Crippen LogP contribution in [0.25, 0.3) is 0 Å². The molecule has 2 aliphatic rings. The minimum absolute atomic E-state index is 0.222. The molecular weight excluding hydrogens is 310 g/mol. The highest BCUT2D eigenvalue weighted by atomic mass is 32.2. The van der Waals surface area contributed by atoms with Crippen LogP contribution < -0.4 is 5.32 Å². The summed E-state index contributed by atoms with van der Waals surface area (Å²) in [6.45, 7) is 0.559. The number of sulfone groups is 2. The maximum atomic E-state index is 12.0. The first-order valence-electron chi connectivity index (χ1n) is 7.89. The summed E-state index contributed by atoms with van der Waals surface area (Å²) in [5.41, 5.74) is 0. The van der Waals surface area contributed by atoms with Gasteiger partial charge in [0.2, 0.25) is 0 Å². The van der Waals surface area contributed by atoms with Gasteiger partial charge in [0.15, 0.2) is 9.84 Å². The van der Waals surface area contributed by atoms with Crippen LogP contribution in [0.3, 0.4) is 0 Å². The summed E-state index contributed by atoms with van der Waals surface area (Å²) in [6, 6.07) is 0.345. The van der Waals surface area contributed by atoms with Crippen LogP contribution in [0, 0.1) is 5.92 Å². The van der Waals surface area contributed by atoms with Crippen molar-refractivity contribution >= 4 is 19.7 Å². The van der Waals surface area contributed by atoms with E-state index in [2.05, 4.69) is 5.32 Å². The maximum Gasteiger partial charge on any atom is 0.154 e. The zero-order valence-corrected chi connectivity index (χ0v) is 14.4. The van der Waals surface area contributed by atoms with Gasteiger partial charge in [0.25, 0.3) is 0 Å². The Morgan fingerprint density at radius 3 is 2.29 bits per heavy atom. The van der Waals surface area contributed by atoms with Gasteiger partial charge in [-0.3, -0.25) is 0 Å². The molecule has 0 amide bonds. The van der Waals surface area contributed by atoms with Gasteiger partial charge in [-0.25, -0.2) is 16.8 Å². The molecule has 0 aromatic rings. The maximum absolute atomic E-state index is 12.0. The fraction of sp³-hybridized carbons (Fsp3) is 1.00. The van der Waals surface area contributed by atoms with Crippen LogP contribution in [0.4, 0.5) is 0 Å². The SMILES string of the molecule is CS(=O)(=O)CC1CCC(NCC2CCCCS2(=O)=O)CC1. The van der Waals surface area contributed by atoms with Gasteiger partial charge in [0, 0.05) is 18.8 Å². The lowest BCUT2D eigenvalue weighted by Crippen LogP contribution is -2.43. The Bertz CT molecular complexity index is 533. The first-order chi connectivity index (χ1) is 9.76. The molecule has 1 N–H and O–H groups in total. The summed E-state index contributed by atoms with van der Waals surface area (Å²) < 4.78 is 46.5. The third-order valence-corrected chi connectivity index (χ3v) is 8.08. The molecule has 1 saturated heterocycles. The fourth-order valence-corrected chi connectivity index (χ4v) is 6.52. The number of nitrogens with one attached hydrogen (secondary N) is 1. The van der Waals surface area contributed by atoms with Crippen LogP contribution in [0.5, 0.6) is 0 Å². The van der Waals surface area contributed by atoms with Crippen LogP contribution in [0.15, 0.2) is 0 Å². The Morgan fingerprint density at radius 2 is 1.71 bits per heavy atom. The second-order valence-electron chi connectivity index (χ2n) is 6.70. The molecule has 0 spiro atoms. The molecule has 1 aliphatic heterocycles. The smallest absolute Gasteiger partial charge is 0.154 e. The molecule has 1 unspecified atom stereocenters. The van der Waals surface area contributed by atoms with Gasteiger partial charge in [-0.15, -0.1) is 0 Å². The topological polar surface area (TPSA) is 80.3 Å². The van der Waals surface area contributed by atoms with Crippen LogP contribution in [0.2, 0.25) is 0 Å². The number of rotatable bonds is 5. The van der Waals surface area contributed by atoms with E-state index < -0.39 is 19.7 Å². The molecule has 1 atom stereocenters. The third-order valence-electron chi connectivity index (χ3n) is 4.73. The van der Waals surface area contributed by atoms with Gasteiger partial charge in [0.05, 0.1) is 16.8 Å². The van der Waals surface area contributed by atoms with Crippen LogP contribution in [0.1, 0.15) is 44.9 Å². The van der Waals surface area contributed by atoms with E-state index in [1.54, 1.807) is 0 Å². The highest BCUT2D eigenvalue weighted by molar-refractivity contribution is 7.92. The van der Waals surface area contributed by atoms with Crippen LogP contribution >= 0.6 is 0 Å². The molecule has 0 aromatic heterocycles. The number of hydrogen-bond donors (Lipinski definition) is 1. The van der Waals surface area contributed by atoms with Crippen molar-refractivity contribution in [3.8, 4) is 0 Å². The summed E-state index contributed by atoms with van der Waals surface area (Å²) in [5.74, 6) is 0.897. The largest absolute Gasteiger partial charge is 0.313 e. The van der Waals surface area contributed by atoms with E-state index in [-0.39, 0.29) is 16.9 Å². The monoisotopic (exact) mass is 337 g/mol. The second kappa shape index (κ2) is 6.96. The minimum Gasteiger partial charge on any atom is -0.313 e. The molecule has 2 rings (SSSR count). The zero-order chi connectivity index (χ0) is 15.5. The summed E-state index contributed by atoms with van der Waals surface area (Å²) in [7, 11) is -5.79. The Kier molecular flexibility index (Phi) is 5.71. The van der Waals surface area contributed by atoms with Crippen molar-refractivity contribution in [3.63, 3.8) is 0 Å². The summed E-state index contributed by atoms with van der Waals surface area (Å²) in [5, 5.41) is 3.18. The molecule has 1 saturated carbocycles. The van der Waals surface area contributed by atoms with Crippen molar-refractivity contribution in [2.45, 2.75) is 56.2 Å². The van der Waals surface area contributed by atoms with E-state index in [9.17, 15) is 16.8 Å². The second-order valence-corrected chi connectivity index (χ2v) is 11.3. The van der Waals surface area contributed by atoms with E-state index in [0.29, 0.717) is 18.3 Å². The van der Waals surface area contributed by atoms with E-state index >= 15 is 0 Å². The Labute approximate surface area is 128 Å². The molecule has 124 valence electrons. The lowest BCUT2D eigenvalue weighted by atomic mass is 9.87. The van der Waals surface area contributed by atoms with Crippen LogP contribution in [-0.4, -0.2) is 52.4 Å². The van der Waals surface area contributed by atoms with Crippen molar-refractivity contribution in [1.29, 1.82) is 0 Å². The highest BCUT2D eigenvalue weighted by Crippen LogP contribution is 2.26.